The van der Waals surface area contributed by atoms with Crippen molar-refractivity contribution in [2.75, 3.05) is 11.9 Å². The van der Waals surface area contributed by atoms with Crippen LogP contribution < -0.4 is 9.64 Å². The molecule has 0 spiro atoms. The summed E-state index contributed by atoms with van der Waals surface area (Å²) < 4.78 is 48.6. The molecule has 0 atom stereocenters. The lowest BCUT2D eigenvalue weighted by Gasteiger charge is -2.24. The second kappa shape index (κ2) is 7.98. The van der Waals surface area contributed by atoms with Gasteiger partial charge < -0.3 is 9.47 Å². The highest BCUT2D eigenvalue weighted by molar-refractivity contribution is 5.90. The molecule has 0 saturated heterocycles. The number of carbonyl (C=O) groups excluding carboxylic acids is 1. The average molecular weight is 412 g/mol. The molecule has 0 bridgehead atoms. The van der Waals surface area contributed by atoms with Gasteiger partial charge in [-0.15, -0.1) is 0 Å². The molecule has 2 aromatic rings. The van der Waals surface area contributed by atoms with Crippen molar-refractivity contribution in [3.63, 3.8) is 0 Å². The standard InChI is InChI=1S/C19H19F3N2O5/c1-18(2,3)29-17(25)23(4)16-11-14(9-10-15(16)24(26)27)28-13-7-5-12(6-8-13)19(20,21)22/h5-11H,1-4H3. The number of nitro groups is 1. The third-order valence-corrected chi connectivity index (χ3v) is 3.59. The van der Waals surface area contributed by atoms with Crippen LogP contribution in [0.2, 0.25) is 0 Å². The molecule has 0 aliphatic heterocycles. The molecule has 0 aromatic heterocycles. The summed E-state index contributed by atoms with van der Waals surface area (Å²) in [5.74, 6) is 0.193. The van der Waals surface area contributed by atoms with E-state index in [4.69, 9.17) is 9.47 Å². The molecule has 29 heavy (non-hydrogen) atoms. The summed E-state index contributed by atoms with van der Waals surface area (Å²) in [5, 5.41) is 11.3. The lowest BCUT2D eigenvalue weighted by molar-refractivity contribution is -0.384. The van der Waals surface area contributed by atoms with Crippen molar-refractivity contribution in [2.45, 2.75) is 32.5 Å². The molecule has 7 nitrogen and oxygen atoms in total. The topological polar surface area (TPSA) is 81.9 Å². The van der Waals surface area contributed by atoms with Crippen LogP contribution in [0.3, 0.4) is 0 Å². The van der Waals surface area contributed by atoms with Crippen LogP contribution in [0.1, 0.15) is 26.3 Å². The van der Waals surface area contributed by atoms with E-state index >= 15 is 0 Å². The maximum Gasteiger partial charge on any atom is 0.416 e. The fourth-order valence-electron chi connectivity index (χ4n) is 2.27. The fourth-order valence-corrected chi connectivity index (χ4v) is 2.27. The molecule has 1 amide bonds. The minimum absolute atomic E-state index is 0.0892. The summed E-state index contributed by atoms with van der Waals surface area (Å²) in [6, 6.07) is 7.61. The molecular weight excluding hydrogens is 393 g/mol. The minimum Gasteiger partial charge on any atom is -0.457 e. The third-order valence-electron chi connectivity index (χ3n) is 3.59. The first-order chi connectivity index (χ1) is 13.3. The van der Waals surface area contributed by atoms with Gasteiger partial charge in [-0.3, -0.25) is 15.0 Å². The highest BCUT2D eigenvalue weighted by atomic mass is 19.4. The number of halogens is 3. The minimum atomic E-state index is -4.48. The molecule has 2 rings (SSSR count). The number of hydrogen-bond donors (Lipinski definition) is 0. The lowest BCUT2D eigenvalue weighted by Crippen LogP contribution is -2.34. The number of amides is 1. The Balaban J connectivity index is 2.32. The molecule has 0 heterocycles. The van der Waals surface area contributed by atoms with Crippen molar-refractivity contribution >= 4 is 17.5 Å². The maximum absolute atomic E-state index is 12.6. The largest absolute Gasteiger partial charge is 0.457 e. The molecule has 0 radical (unpaired) electrons. The molecule has 2 aromatic carbocycles. The van der Waals surface area contributed by atoms with Gasteiger partial charge in [0.05, 0.1) is 10.5 Å². The molecule has 156 valence electrons. The second-order valence-electron chi connectivity index (χ2n) is 7.07. The highest BCUT2D eigenvalue weighted by Gasteiger charge is 2.30. The van der Waals surface area contributed by atoms with Crippen LogP contribution in [0, 0.1) is 10.1 Å². The molecule has 0 unspecified atom stereocenters. The summed E-state index contributed by atoms with van der Waals surface area (Å²) in [6.45, 7) is 4.95. The molecule has 0 saturated carbocycles. The van der Waals surface area contributed by atoms with Gasteiger partial charge in [-0.25, -0.2) is 4.79 Å². The Morgan fingerprint density at radius 1 is 1.03 bits per heavy atom. The van der Waals surface area contributed by atoms with Crippen molar-refractivity contribution in [3.05, 3.63) is 58.1 Å². The summed E-state index contributed by atoms with van der Waals surface area (Å²) in [7, 11) is 1.30. The van der Waals surface area contributed by atoms with Crippen LogP contribution >= 0.6 is 0 Å². The van der Waals surface area contributed by atoms with E-state index in [1.165, 1.54) is 19.2 Å². The van der Waals surface area contributed by atoms with E-state index in [1.54, 1.807) is 20.8 Å². The van der Waals surface area contributed by atoms with Gasteiger partial charge in [0.15, 0.2) is 0 Å². The zero-order valence-corrected chi connectivity index (χ0v) is 16.1. The van der Waals surface area contributed by atoms with Crippen LogP contribution in [0.15, 0.2) is 42.5 Å². The number of rotatable bonds is 4. The van der Waals surface area contributed by atoms with Gasteiger partial charge >= 0.3 is 12.3 Å². The number of alkyl halides is 3. The summed E-state index contributed by atoms with van der Waals surface area (Å²) in [5.41, 5.74) is -2.10. The Morgan fingerprint density at radius 2 is 1.59 bits per heavy atom. The van der Waals surface area contributed by atoms with Crippen molar-refractivity contribution < 1.29 is 32.4 Å². The Bertz CT molecular complexity index is 906. The number of carbonyl (C=O) groups is 1. The van der Waals surface area contributed by atoms with Gasteiger partial charge in [-0.1, -0.05) is 0 Å². The third kappa shape index (κ3) is 5.84. The molecule has 10 heteroatoms. The first-order valence-corrected chi connectivity index (χ1v) is 8.38. The van der Waals surface area contributed by atoms with E-state index in [9.17, 15) is 28.1 Å². The van der Waals surface area contributed by atoms with Crippen LogP contribution in [0.25, 0.3) is 0 Å². The van der Waals surface area contributed by atoms with Crippen molar-refractivity contribution in [3.8, 4) is 11.5 Å². The first kappa shape index (κ1) is 22.0. The van der Waals surface area contributed by atoms with Crippen LogP contribution in [-0.2, 0) is 10.9 Å². The number of ether oxygens (including phenoxy) is 2. The molecule has 0 N–H and O–H groups in total. The lowest BCUT2D eigenvalue weighted by atomic mass is 10.2. The first-order valence-electron chi connectivity index (χ1n) is 8.38. The molecular formula is C19H19F3N2O5. The Kier molecular flexibility index (Phi) is 6.05. The number of anilines is 1. The van der Waals surface area contributed by atoms with Gasteiger partial charge in [0, 0.05) is 19.2 Å². The number of hydrogen-bond acceptors (Lipinski definition) is 5. The summed E-state index contributed by atoms with van der Waals surface area (Å²) in [6.07, 6.45) is -5.29. The SMILES string of the molecule is CN(C(=O)OC(C)(C)C)c1cc(Oc2ccc(C(F)(F)F)cc2)ccc1[N+](=O)[O-]. The highest BCUT2D eigenvalue weighted by Crippen LogP contribution is 2.35. The Labute approximate surface area is 164 Å². The quantitative estimate of drug-likeness (QED) is 0.470. The molecule has 0 aliphatic carbocycles. The van der Waals surface area contributed by atoms with E-state index in [0.29, 0.717) is 0 Å². The zero-order chi connectivity index (χ0) is 22.0. The number of nitro benzene ring substituents is 1. The van der Waals surface area contributed by atoms with Crippen LogP contribution in [0.4, 0.5) is 29.3 Å². The van der Waals surface area contributed by atoms with Crippen molar-refractivity contribution in [2.24, 2.45) is 0 Å². The number of benzene rings is 2. The predicted molar refractivity (Wildman–Crippen MR) is 99.3 cm³/mol. The van der Waals surface area contributed by atoms with E-state index in [2.05, 4.69) is 0 Å². The van der Waals surface area contributed by atoms with E-state index in [1.807, 2.05) is 0 Å². The van der Waals surface area contributed by atoms with Crippen LogP contribution in [0.5, 0.6) is 11.5 Å². The monoisotopic (exact) mass is 412 g/mol. The van der Waals surface area contributed by atoms with Gasteiger partial charge in [-0.2, -0.15) is 13.2 Å². The van der Waals surface area contributed by atoms with Crippen molar-refractivity contribution in [1.29, 1.82) is 0 Å². The zero-order valence-electron chi connectivity index (χ0n) is 16.1. The fraction of sp³-hybridized carbons (Fsp3) is 0.316. The smallest absolute Gasteiger partial charge is 0.416 e. The second-order valence-corrected chi connectivity index (χ2v) is 7.07. The summed E-state index contributed by atoms with van der Waals surface area (Å²) in [4.78, 5) is 23.9. The summed E-state index contributed by atoms with van der Waals surface area (Å²) >= 11 is 0. The molecule has 0 aliphatic rings. The van der Waals surface area contributed by atoms with E-state index in [-0.39, 0.29) is 22.9 Å². The van der Waals surface area contributed by atoms with E-state index < -0.39 is 28.4 Å². The predicted octanol–water partition coefficient (Wildman–Crippen LogP) is 5.78. The van der Waals surface area contributed by atoms with Gasteiger partial charge in [0.2, 0.25) is 0 Å². The van der Waals surface area contributed by atoms with Crippen LogP contribution in [-0.4, -0.2) is 23.7 Å². The number of nitrogens with zero attached hydrogens (tertiary/aromatic N) is 2. The maximum atomic E-state index is 12.6. The Morgan fingerprint density at radius 3 is 2.07 bits per heavy atom. The van der Waals surface area contributed by atoms with Crippen molar-refractivity contribution in [1.82, 2.24) is 0 Å². The van der Waals surface area contributed by atoms with E-state index in [0.717, 1.165) is 35.2 Å². The normalized spacial score (nSPS) is 11.7. The average Bonchev–Trinajstić information content (AvgIpc) is 2.59. The molecule has 0 fully saturated rings. The Hall–Kier alpha value is -3.30. The van der Waals surface area contributed by atoms with Gasteiger partial charge in [0.1, 0.15) is 22.8 Å². The van der Waals surface area contributed by atoms with Gasteiger partial charge in [-0.05, 0) is 51.1 Å². The van der Waals surface area contributed by atoms with Gasteiger partial charge in [0.25, 0.3) is 5.69 Å².